The van der Waals surface area contributed by atoms with Crippen LogP contribution in [0.4, 0.5) is 5.95 Å². The molecule has 0 atom stereocenters. The van der Waals surface area contributed by atoms with E-state index in [0.717, 1.165) is 0 Å². The van der Waals surface area contributed by atoms with E-state index in [9.17, 15) is 0 Å². The maximum atomic E-state index is 8.63. The van der Waals surface area contributed by atoms with Gasteiger partial charge in [-0.3, -0.25) is 5.10 Å². The number of nitrogens with two attached hydrogens (primary N) is 1. The van der Waals surface area contributed by atoms with Crippen LogP contribution in [0.5, 0.6) is 0 Å². The molecule has 0 unspecified atom stereocenters. The molecule has 0 aliphatic heterocycles. The third-order valence-corrected chi connectivity index (χ3v) is 1.42. The van der Waals surface area contributed by atoms with Crippen molar-refractivity contribution in [3.8, 4) is 17.5 Å². The highest BCUT2D eigenvalue weighted by Crippen LogP contribution is 2.19. The molecule has 0 saturated carbocycles. The monoisotopic (exact) mass is 176 g/mol. The van der Waals surface area contributed by atoms with E-state index in [1.807, 2.05) is 6.07 Å². The summed E-state index contributed by atoms with van der Waals surface area (Å²) in [6.07, 6.45) is 1.42. The molecule has 0 fully saturated rings. The Balaban J connectivity index is 2.53. The van der Waals surface area contributed by atoms with Gasteiger partial charge in [-0.1, -0.05) is 0 Å². The van der Waals surface area contributed by atoms with Crippen molar-refractivity contribution in [1.29, 1.82) is 5.26 Å². The fourth-order valence-electron chi connectivity index (χ4n) is 0.878. The fourth-order valence-corrected chi connectivity index (χ4v) is 0.878. The summed E-state index contributed by atoms with van der Waals surface area (Å²) in [5.74, 6) is 0.211. The number of nitrogens with one attached hydrogen (secondary N) is 1. The van der Waals surface area contributed by atoms with Crippen molar-refractivity contribution in [1.82, 2.24) is 20.3 Å². The first-order valence-electron chi connectivity index (χ1n) is 3.34. The van der Waals surface area contributed by atoms with Gasteiger partial charge in [-0.05, 0) is 5.16 Å². The lowest BCUT2D eigenvalue weighted by atomic mass is 10.2. The van der Waals surface area contributed by atoms with Crippen molar-refractivity contribution >= 4 is 5.95 Å². The molecule has 0 aliphatic carbocycles. The average molecular weight is 176 g/mol. The smallest absolute Gasteiger partial charge is 0.264 e. The van der Waals surface area contributed by atoms with E-state index in [4.69, 9.17) is 15.5 Å². The standard InChI is InChI=1S/C6H4N6O/c7-1-4-3(2-9-11-4)5-10-6(8)12-13-5/h2H,(H2,8,12)(H,9,11). The van der Waals surface area contributed by atoms with Crippen molar-refractivity contribution in [3.05, 3.63) is 11.9 Å². The lowest BCUT2D eigenvalue weighted by Gasteiger charge is -1.84. The van der Waals surface area contributed by atoms with Crippen molar-refractivity contribution in [3.63, 3.8) is 0 Å². The van der Waals surface area contributed by atoms with Gasteiger partial charge in [0, 0.05) is 0 Å². The van der Waals surface area contributed by atoms with Crippen LogP contribution in [0.15, 0.2) is 10.7 Å². The molecular formula is C6H4N6O. The zero-order valence-corrected chi connectivity index (χ0v) is 6.35. The lowest BCUT2D eigenvalue weighted by molar-refractivity contribution is 0.433. The van der Waals surface area contributed by atoms with Gasteiger partial charge in [-0.25, -0.2) is 0 Å². The zero-order valence-electron chi connectivity index (χ0n) is 6.35. The molecule has 0 bridgehead atoms. The molecule has 0 saturated heterocycles. The number of H-pyrrole nitrogens is 1. The lowest BCUT2D eigenvalue weighted by Crippen LogP contribution is -1.86. The Labute approximate surface area is 72.2 Å². The third-order valence-electron chi connectivity index (χ3n) is 1.42. The SMILES string of the molecule is N#Cc1[nH]ncc1-c1nc(N)no1. The molecule has 2 aromatic rings. The number of anilines is 1. The molecule has 13 heavy (non-hydrogen) atoms. The Morgan fingerprint density at radius 2 is 2.46 bits per heavy atom. The number of nitrogens with zero attached hydrogens (tertiary/aromatic N) is 4. The van der Waals surface area contributed by atoms with Gasteiger partial charge in [0.1, 0.15) is 11.8 Å². The maximum Gasteiger partial charge on any atom is 0.264 e. The van der Waals surface area contributed by atoms with Gasteiger partial charge in [0.05, 0.1) is 11.8 Å². The zero-order chi connectivity index (χ0) is 9.26. The van der Waals surface area contributed by atoms with Gasteiger partial charge < -0.3 is 10.3 Å². The van der Waals surface area contributed by atoms with E-state index in [2.05, 4.69) is 20.3 Å². The highest BCUT2D eigenvalue weighted by Gasteiger charge is 2.13. The second kappa shape index (κ2) is 2.60. The largest absolute Gasteiger partial charge is 0.365 e. The molecule has 7 nitrogen and oxygen atoms in total. The second-order valence-corrected chi connectivity index (χ2v) is 2.23. The molecule has 0 aliphatic rings. The minimum atomic E-state index is 0.0279. The van der Waals surface area contributed by atoms with Crippen LogP contribution in [0.25, 0.3) is 11.5 Å². The van der Waals surface area contributed by atoms with Crippen molar-refractivity contribution < 1.29 is 4.52 Å². The molecule has 2 heterocycles. The van der Waals surface area contributed by atoms with E-state index in [1.165, 1.54) is 6.20 Å². The summed E-state index contributed by atoms with van der Waals surface area (Å²) in [5, 5.41) is 18.2. The van der Waals surface area contributed by atoms with E-state index in [-0.39, 0.29) is 17.5 Å². The van der Waals surface area contributed by atoms with Crippen LogP contribution in [0.1, 0.15) is 5.69 Å². The van der Waals surface area contributed by atoms with Crippen molar-refractivity contribution in [2.45, 2.75) is 0 Å². The summed E-state index contributed by atoms with van der Waals surface area (Å²) in [6.45, 7) is 0. The highest BCUT2D eigenvalue weighted by molar-refractivity contribution is 5.59. The van der Waals surface area contributed by atoms with Gasteiger partial charge in [-0.15, -0.1) is 0 Å². The van der Waals surface area contributed by atoms with Crippen molar-refractivity contribution in [2.75, 3.05) is 5.73 Å². The van der Waals surface area contributed by atoms with Gasteiger partial charge in [0.25, 0.3) is 11.8 Å². The minimum Gasteiger partial charge on any atom is -0.365 e. The van der Waals surface area contributed by atoms with Crippen LogP contribution < -0.4 is 5.73 Å². The van der Waals surface area contributed by atoms with Crippen LogP contribution in [-0.2, 0) is 0 Å². The summed E-state index contributed by atoms with van der Waals surface area (Å²) in [7, 11) is 0. The Kier molecular flexibility index (Phi) is 1.46. The van der Waals surface area contributed by atoms with Gasteiger partial charge in [0.2, 0.25) is 0 Å². The first-order valence-corrected chi connectivity index (χ1v) is 3.34. The topological polar surface area (TPSA) is 117 Å². The number of hydrogen-bond acceptors (Lipinski definition) is 6. The number of aromatic nitrogens is 4. The average Bonchev–Trinajstić information content (AvgIpc) is 2.71. The first-order chi connectivity index (χ1) is 6.31. The first kappa shape index (κ1) is 7.30. The summed E-state index contributed by atoms with van der Waals surface area (Å²) >= 11 is 0. The van der Waals surface area contributed by atoms with Gasteiger partial charge in [-0.2, -0.15) is 15.3 Å². The van der Waals surface area contributed by atoms with Crippen LogP contribution in [0, 0.1) is 11.3 Å². The highest BCUT2D eigenvalue weighted by atomic mass is 16.5. The van der Waals surface area contributed by atoms with Crippen LogP contribution in [-0.4, -0.2) is 20.3 Å². The second-order valence-electron chi connectivity index (χ2n) is 2.23. The molecule has 64 valence electrons. The predicted octanol–water partition coefficient (Wildman–Crippen LogP) is -0.0864. The summed E-state index contributed by atoms with van der Waals surface area (Å²) in [4.78, 5) is 3.75. The van der Waals surface area contributed by atoms with E-state index < -0.39 is 0 Å². The molecule has 3 N–H and O–H groups in total. The van der Waals surface area contributed by atoms with Gasteiger partial charge >= 0.3 is 0 Å². The molecule has 0 amide bonds. The quantitative estimate of drug-likeness (QED) is 0.627. The fraction of sp³-hybridized carbons (Fsp3) is 0. The summed E-state index contributed by atoms with van der Waals surface area (Å²) < 4.78 is 4.75. The van der Waals surface area contributed by atoms with E-state index in [0.29, 0.717) is 5.56 Å². The third kappa shape index (κ3) is 1.10. The van der Waals surface area contributed by atoms with E-state index >= 15 is 0 Å². The molecule has 0 aromatic carbocycles. The molecule has 0 spiro atoms. The van der Waals surface area contributed by atoms with Crippen LogP contribution in [0.2, 0.25) is 0 Å². The Morgan fingerprint density at radius 3 is 3.08 bits per heavy atom. The number of aromatic amines is 1. The van der Waals surface area contributed by atoms with Crippen LogP contribution in [0.3, 0.4) is 0 Å². The number of nitrogen functional groups attached to an aromatic ring is 1. The summed E-state index contributed by atoms with van der Waals surface area (Å²) in [6, 6.07) is 1.90. The Morgan fingerprint density at radius 1 is 1.62 bits per heavy atom. The molecule has 2 rings (SSSR count). The molecule has 0 radical (unpaired) electrons. The summed E-state index contributed by atoms with van der Waals surface area (Å²) in [5.41, 5.74) is 5.96. The molecule has 7 heteroatoms. The Hall–Kier alpha value is -2.36. The molecule has 2 aromatic heterocycles. The van der Waals surface area contributed by atoms with E-state index in [1.54, 1.807) is 0 Å². The number of hydrogen-bond donors (Lipinski definition) is 2. The maximum absolute atomic E-state index is 8.63. The molecular weight excluding hydrogens is 172 g/mol. The Bertz CT molecular complexity index is 463. The van der Waals surface area contributed by atoms with Crippen molar-refractivity contribution in [2.24, 2.45) is 0 Å². The number of rotatable bonds is 1. The number of nitriles is 1. The minimum absolute atomic E-state index is 0.0279. The van der Waals surface area contributed by atoms with Crippen LogP contribution >= 0.6 is 0 Å². The van der Waals surface area contributed by atoms with Gasteiger partial charge in [0.15, 0.2) is 0 Å². The predicted molar refractivity (Wildman–Crippen MR) is 41.0 cm³/mol. The normalized spacial score (nSPS) is 9.77.